The van der Waals surface area contributed by atoms with Crippen molar-refractivity contribution in [2.45, 2.75) is 6.54 Å². The minimum absolute atomic E-state index is 0.00593. The van der Waals surface area contributed by atoms with Gasteiger partial charge in [0.15, 0.2) is 0 Å². The van der Waals surface area contributed by atoms with E-state index in [1.807, 2.05) is 36.4 Å². The molecule has 0 saturated carbocycles. The number of halogens is 1. The fourth-order valence-electron chi connectivity index (χ4n) is 1.55. The first-order valence-corrected chi connectivity index (χ1v) is 6.28. The van der Waals surface area contributed by atoms with E-state index in [-0.39, 0.29) is 5.91 Å². The van der Waals surface area contributed by atoms with Gasteiger partial charge in [-0.05, 0) is 46.9 Å². The van der Waals surface area contributed by atoms with E-state index in [4.69, 9.17) is 4.42 Å². The van der Waals surface area contributed by atoms with E-state index < -0.39 is 0 Å². The van der Waals surface area contributed by atoms with Crippen LogP contribution in [0.4, 0.5) is 0 Å². The second-order valence-corrected chi connectivity index (χ2v) is 4.88. The third-order valence-electron chi connectivity index (χ3n) is 2.42. The number of carbonyl (C=O) groups excluding carboxylic acids is 1. The van der Waals surface area contributed by atoms with Crippen molar-refractivity contribution in [3.63, 3.8) is 0 Å². The Labute approximate surface area is 114 Å². The van der Waals surface area contributed by atoms with Gasteiger partial charge in [-0.3, -0.25) is 4.79 Å². The number of rotatable bonds is 3. The Kier molecular flexibility index (Phi) is 3.83. The van der Waals surface area contributed by atoms with Crippen molar-refractivity contribution in [2.75, 3.05) is 7.05 Å². The Bertz CT molecular complexity index is 508. The van der Waals surface area contributed by atoms with Gasteiger partial charge in [-0.25, -0.2) is 0 Å². The summed E-state index contributed by atoms with van der Waals surface area (Å²) in [7, 11) is 1.77. The molecule has 0 spiro atoms. The van der Waals surface area contributed by atoms with Crippen molar-refractivity contribution in [1.82, 2.24) is 4.90 Å². The lowest BCUT2D eigenvalue weighted by Crippen LogP contribution is -2.26. The Morgan fingerprint density at radius 1 is 1.29 bits per heavy atom. The molecule has 0 radical (unpaired) electrons. The molecule has 0 fully saturated rings. The lowest BCUT2D eigenvalue weighted by atomic mass is 10.2. The molecule has 1 heterocycles. The van der Waals surface area contributed by atoms with Gasteiger partial charge in [-0.1, -0.05) is 12.1 Å². The molecule has 0 saturated heterocycles. The summed E-state index contributed by atoms with van der Waals surface area (Å²) >= 11 is 2.17. The third-order valence-corrected chi connectivity index (χ3v) is 3.36. The van der Waals surface area contributed by atoms with E-state index in [2.05, 4.69) is 22.6 Å². The Hall–Kier alpha value is -1.30. The first-order valence-electron chi connectivity index (χ1n) is 5.21. The quantitative estimate of drug-likeness (QED) is 0.804. The number of furan rings is 1. The van der Waals surface area contributed by atoms with Crippen LogP contribution in [0.1, 0.15) is 16.1 Å². The van der Waals surface area contributed by atoms with Gasteiger partial charge in [0.25, 0.3) is 5.91 Å². The van der Waals surface area contributed by atoms with Crippen molar-refractivity contribution in [3.05, 3.63) is 57.6 Å². The summed E-state index contributed by atoms with van der Waals surface area (Å²) in [5.74, 6) is 0.790. The largest absolute Gasteiger partial charge is 0.467 e. The van der Waals surface area contributed by atoms with Gasteiger partial charge in [0.05, 0.1) is 18.4 Å². The highest BCUT2D eigenvalue weighted by molar-refractivity contribution is 14.1. The van der Waals surface area contributed by atoms with Crippen LogP contribution in [0.15, 0.2) is 47.1 Å². The van der Waals surface area contributed by atoms with Crippen LogP contribution in [0.3, 0.4) is 0 Å². The molecule has 3 nitrogen and oxygen atoms in total. The molecule has 1 amide bonds. The normalized spacial score (nSPS) is 10.2. The molecule has 0 aliphatic heterocycles. The van der Waals surface area contributed by atoms with E-state index in [1.54, 1.807) is 18.2 Å². The summed E-state index contributed by atoms with van der Waals surface area (Å²) in [6.45, 7) is 0.483. The number of benzene rings is 1. The van der Waals surface area contributed by atoms with Gasteiger partial charge in [0.1, 0.15) is 5.76 Å². The zero-order chi connectivity index (χ0) is 12.3. The van der Waals surface area contributed by atoms with Gasteiger partial charge in [-0.15, -0.1) is 0 Å². The van der Waals surface area contributed by atoms with Gasteiger partial charge in [-0.2, -0.15) is 0 Å². The summed E-state index contributed by atoms with van der Waals surface area (Å²) in [6, 6.07) is 11.2. The average molecular weight is 341 g/mol. The fraction of sp³-hybridized carbons (Fsp3) is 0.154. The van der Waals surface area contributed by atoms with E-state index in [0.717, 1.165) is 14.9 Å². The molecule has 88 valence electrons. The maximum atomic E-state index is 12.2. The third kappa shape index (κ3) is 2.88. The molecule has 4 heteroatoms. The van der Waals surface area contributed by atoms with Crippen LogP contribution in [0.25, 0.3) is 0 Å². The molecule has 0 bridgehead atoms. The van der Waals surface area contributed by atoms with Gasteiger partial charge in [0.2, 0.25) is 0 Å². The maximum absolute atomic E-state index is 12.2. The molecule has 0 atom stereocenters. The summed E-state index contributed by atoms with van der Waals surface area (Å²) in [5, 5.41) is 0. The molecule has 2 rings (SSSR count). The van der Waals surface area contributed by atoms with E-state index in [0.29, 0.717) is 6.54 Å². The molecule has 0 unspecified atom stereocenters. The van der Waals surface area contributed by atoms with Gasteiger partial charge in [0, 0.05) is 10.6 Å². The molecular formula is C13H12INO2. The topological polar surface area (TPSA) is 33.5 Å². The predicted octanol–water partition coefficient (Wildman–Crippen LogP) is 3.16. The SMILES string of the molecule is CN(Cc1ccco1)C(=O)c1ccccc1I. The monoisotopic (exact) mass is 341 g/mol. The Morgan fingerprint density at radius 3 is 2.71 bits per heavy atom. The average Bonchev–Trinajstić information content (AvgIpc) is 2.81. The Morgan fingerprint density at radius 2 is 2.06 bits per heavy atom. The van der Waals surface area contributed by atoms with E-state index in [1.165, 1.54) is 0 Å². The van der Waals surface area contributed by atoms with Crippen molar-refractivity contribution < 1.29 is 9.21 Å². The second-order valence-electron chi connectivity index (χ2n) is 3.72. The van der Waals surface area contributed by atoms with Crippen LogP contribution >= 0.6 is 22.6 Å². The minimum atomic E-state index is 0.00593. The standard InChI is InChI=1S/C13H12INO2/c1-15(9-10-5-4-8-17-10)13(16)11-6-2-3-7-12(11)14/h2-8H,9H2,1H3. The first-order chi connectivity index (χ1) is 8.18. The van der Waals surface area contributed by atoms with Crippen LogP contribution < -0.4 is 0 Å². The van der Waals surface area contributed by atoms with Crippen LogP contribution in [0, 0.1) is 3.57 Å². The molecule has 1 aromatic heterocycles. The van der Waals surface area contributed by atoms with E-state index in [9.17, 15) is 4.79 Å². The molecule has 0 aliphatic rings. The molecule has 17 heavy (non-hydrogen) atoms. The van der Waals surface area contributed by atoms with Crippen LogP contribution in [0.2, 0.25) is 0 Å². The van der Waals surface area contributed by atoms with Crippen LogP contribution in [-0.4, -0.2) is 17.9 Å². The molecule has 1 aromatic carbocycles. The highest BCUT2D eigenvalue weighted by Gasteiger charge is 2.15. The van der Waals surface area contributed by atoms with Gasteiger partial charge >= 0.3 is 0 Å². The zero-order valence-electron chi connectivity index (χ0n) is 9.39. The van der Waals surface area contributed by atoms with Crippen molar-refractivity contribution in [2.24, 2.45) is 0 Å². The maximum Gasteiger partial charge on any atom is 0.255 e. The zero-order valence-corrected chi connectivity index (χ0v) is 11.5. The lowest BCUT2D eigenvalue weighted by Gasteiger charge is -2.16. The number of hydrogen-bond donors (Lipinski definition) is 0. The number of nitrogens with zero attached hydrogens (tertiary/aromatic N) is 1. The van der Waals surface area contributed by atoms with Crippen LogP contribution in [0.5, 0.6) is 0 Å². The molecule has 0 N–H and O–H groups in total. The van der Waals surface area contributed by atoms with Crippen molar-refractivity contribution in [3.8, 4) is 0 Å². The van der Waals surface area contributed by atoms with Crippen LogP contribution in [-0.2, 0) is 6.54 Å². The van der Waals surface area contributed by atoms with Crippen molar-refractivity contribution >= 4 is 28.5 Å². The number of carbonyl (C=O) groups is 1. The molecule has 2 aromatic rings. The fourth-order valence-corrected chi connectivity index (χ4v) is 2.17. The van der Waals surface area contributed by atoms with Gasteiger partial charge < -0.3 is 9.32 Å². The predicted molar refractivity (Wildman–Crippen MR) is 73.7 cm³/mol. The molecule has 0 aliphatic carbocycles. The summed E-state index contributed by atoms with van der Waals surface area (Å²) in [5.41, 5.74) is 0.724. The van der Waals surface area contributed by atoms with Crippen molar-refractivity contribution in [1.29, 1.82) is 0 Å². The first kappa shape index (κ1) is 12.2. The summed E-state index contributed by atoms with van der Waals surface area (Å²) in [6.07, 6.45) is 1.61. The highest BCUT2D eigenvalue weighted by atomic mass is 127. The lowest BCUT2D eigenvalue weighted by molar-refractivity contribution is 0.0774. The second kappa shape index (κ2) is 5.35. The summed E-state index contributed by atoms with van der Waals surface area (Å²) in [4.78, 5) is 13.8. The minimum Gasteiger partial charge on any atom is -0.467 e. The summed E-state index contributed by atoms with van der Waals surface area (Å²) < 4.78 is 6.18. The van der Waals surface area contributed by atoms with E-state index >= 15 is 0 Å². The highest BCUT2D eigenvalue weighted by Crippen LogP contribution is 2.14. The number of amides is 1. The smallest absolute Gasteiger partial charge is 0.255 e. The number of hydrogen-bond acceptors (Lipinski definition) is 2. The Balaban J connectivity index is 2.13. The molecular weight excluding hydrogens is 329 g/mol.